The minimum absolute atomic E-state index is 0.00446. The molecule has 0 radical (unpaired) electrons. The van der Waals surface area contributed by atoms with E-state index in [1.54, 1.807) is 0 Å². The topological polar surface area (TPSA) is 23.5 Å². The van der Waals surface area contributed by atoms with Crippen molar-refractivity contribution in [2.75, 3.05) is 19.6 Å². The number of aliphatic hydroxyl groups is 1. The van der Waals surface area contributed by atoms with Gasteiger partial charge in [0.2, 0.25) is 0 Å². The summed E-state index contributed by atoms with van der Waals surface area (Å²) in [6.45, 7) is 6.13. The molecule has 0 aromatic heterocycles. The molecule has 3 unspecified atom stereocenters. The number of hydrogen-bond donors (Lipinski definition) is 1. The van der Waals surface area contributed by atoms with Crippen molar-refractivity contribution in [3.8, 4) is 0 Å². The Morgan fingerprint density at radius 2 is 1.89 bits per heavy atom. The van der Waals surface area contributed by atoms with E-state index in [1.165, 1.54) is 71.0 Å². The molecule has 0 bridgehead atoms. The van der Waals surface area contributed by atoms with Gasteiger partial charge < -0.3 is 10.0 Å². The third kappa shape index (κ3) is 4.24. The summed E-state index contributed by atoms with van der Waals surface area (Å²) in [6, 6.07) is 0. The first kappa shape index (κ1) is 14.3. The second kappa shape index (κ2) is 7.49. The van der Waals surface area contributed by atoms with Crippen LogP contribution < -0.4 is 0 Å². The predicted molar refractivity (Wildman–Crippen MR) is 76.7 cm³/mol. The average Bonchev–Trinajstić information content (AvgIpc) is 2.63. The van der Waals surface area contributed by atoms with Gasteiger partial charge in [0.05, 0.1) is 6.10 Å². The normalized spacial score (nSPS) is 34.7. The lowest BCUT2D eigenvalue weighted by Crippen LogP contribution is -2.28. The first-order valence-corrected chi connectivity index (χ1v) is 8.20. The van der Waals surface area contributed by atoms with Crippen molar-refractivity contribution in [2.45, 2.75) is 70.8 Å². The monoisotopic (exact) mass is 253 g/mol. The smallest absolute Gasteiger partial charge is 0.0568 e. The van der Waals surface area contributed by atoms with E-state index >= 15 is 0 Å². The molecule has 0 amide bonds. The van der Waals surface area contributed by atoms with Gasteiger partial charge in [-0.05, 0) is 70.0 Å². The van der Waals surface area contributed by atoms with Crippen LogP contribution >= 0.6 is 0 Å². The van der Waals surface area contributed by atoms with Gasteiger partial charge in [0.1, 0.15) is 0 Å². The molecule has 1 heterocycles. The Hall–Kier alpha value is -0.0800. The number of aliphatic hydroxyl groups excluding tert-OH is 1. The van der Waals surface area contributed by atoms with Crippen molar-refractivity contribution >= 4 is 0 Å². The molecule has 2 heteroatoms. The van der Waals surface area contributed by atoms with Gasteiger partial charge in [0, 0.05) is 0 Å². The number of likely N-dealkylation sites (tertiary alicyclic amines) is 1. The Labute approximate surface area is 113 Å². The van der Waals surface area contributed by atoms with Crippen LogP contribution in [0, 0.1) is 11.8 Å². The van der Waals surface area contributed by atoms with E-state index < -0.39 is 0 Å². The third-order valence-corrected chi connectivity index (χ3v) is 5.07. The van der Waals surface area contributed by atoms with Crippen molar-refractivity contribution in [3.05, 3.63) is 0 Å². The fraction of sp³-hybridized carbons (Fsp3) is 1.00. The van der Waals surface area contributed by atoms with E-state index in [9.17, 15) is 5.11 Å². The fourth-order valence-electron chi connectivity index (χ4n) is 3.85. The maximum Gasteiger partial charge on any atom is 0.0568 e. The minimum Gasteiger partial charge on any atom is -0.393 e. The lowest BCUT2D eigenvalue weighted by molar-refractivity contribution is 0.118. The maximum absolute atomic E-state index is 9.87. The lowest BCUT2D eigenvalue weighted by Gasteiger charge is -2.23. The minimum atomic E-state index is 0.00446. The van der Waals surface area contributed by atoms with E-state index in [0.717, 1.165) is 12.3 Å². The van der Waals surface area contributed by atoms with Crippen molar-refractivity contribution in [1.82, 2.24) is 4.90 Å². The quantitative estimate of drug-likeness (QED) is 0.811. The van der Waals surface area contributed by atoms with E-state index in [0.29, 0.717) is 5.92 Å². The van der Waals surface area contributed by atoms with Gasteiger partial charge in [-0.3, -0.25) is 0 Å². The van der Waals surface area contributed by atoms with Gasteiger partial charge >= 0.3 is 0 Å². The molecule has 1 saturated heterocycles. The number of rotatable bonds is 5. The van der Waals surface area contributed by atoms with Crippen LogP contribution in [0.1, 0.15) is 64.7 Å². The van der Waals surface area contributed by atoms with E-state index in [1.807, 2.05) is 0 Å². The van der Waals surface area contributed by atoms with Crippen LogP contribution in [0.15, 0.2) is 0 Å². The van der Waals surface area contributed by atoms with E-state index in [4.69, 9.17) is 0 Å². The van der Waals surface area contributed by atoms with Crippen LogP contribution in [0.25, 0.3) is 0 Å². The molecule has 2 nitrogen and oxygen atoms in total. The first-order valence-electron chi connectivity index (χ1n) is 8.20. The van der Waals surface area contributed by atoms with Gasteiger partial charge in [-0.1, -0.05) is 26.2 Å². The summed E-state index contributed by atoms with van der Waals surface area (Å²) in [6.07, 6.45) is 11.8. The number of hydrogen-bond acceptors (Lipinski definition) is 2. The molecule has 2 fully saturated rings. The molecule has 106 valence electrons. The second-order valence-electron chi connectivity index (χ2n) is 6.47. The number of nitrogens with zero attached hydrogens (tertiary/aromatic N) is 1. The Morgan fingerprint density at radius 1 is 1.00 bits per heavy atom. The van der Waals surface area contributed by atoms with Crippen LogP contribution in [-0.2, 0) is 0 Å². The molecule has 2 aliphatic rings. The maximum atomic E-state index is 9.87. The van der Waals surface area contributed by atoms with Gasteiger partial charge in [0.25, 0.3) is 0 Å². The Kier molecular flexibility index (Phi) is 5.97. The highest BCUT2D eigenvalue weighted by molar-refractivity contribution is 4.78. The zero-order valence-corrected chi connectivity index (χ0v) is 12.1. The highest BCUT2D eigenvalue weighted by atomic mass is 16.3. The first-order chi connectivity index (χ1) is 8.79. The molecule has 0 aromatic carbocycles. The Bertz CT molecular complexity index is 231. The Balaban J connectivity index is 1.67. The van der Waals surface area contributed by atoms with E-state index in [2.05, 4.69) is 11.8 Å². The van der Waals surface area contributed by atoms with E-state index in [-0.39, 0.29) is 6.10 Å². The van der Waals surface area contributed by atoms with Gasteiger partial charge in [0.15, 0.2) is 0 Å². The van der Waals surface area contributed by atoms with Crippen LogP contribution in [0.5, 0.6) is 0 Å². The Morgan fingerprint density at radius 3 is 2.61 bits per heavy atom. The van der Waals surface area contributed by atoms with Gasteiger partial charge in [-0.25, -0.2) is 0 Å². The molecule has 1 aliphatic carbocycles. The standard InChI is InChI=1S/C16H31NO/c1-2-5-14-6-4-11-17(12-9-14)13-10-15-7-3-8-16(15)18/h14-16,18H,2-13H2,1H3. The third-order valence-electron chi connectivity index (χ3n) is 5.07. The van der Waals surface area contributed by atoms with Crippen LogP contribution in [0.4, 0.5) is 0 Å². The molecular weight excluding hydrogens is 222 g/mol. The molecule has 3 atom stereocenters. The molecule has 1 saturated carbocycles. The zero-order chi connectivity index (χ0) is 12.8. The SMILES string of the molecule is CCCC1CCCN(CCC2CCCC2O)CC1. The van der Waals surface area contributed by atoms with Crippen molar-refractivity contribution in [2.24, 2.45) is 11.8 Å². The summed E-state index contributed by atoms with van der Waals surface area (Å²) in [5.74, 6) is 1.58. The molecule has 2 rings (SSSR count). The molecular formula is C16H31NO. The lowest BCUT2D eigenvalue weighted by atomic mass is 9.96. The van der Waals surface area contributed by atoms with Gasteiger partial charge in [-0.15, -0.1) is 0 Å². The largest absolute Gasteiger partial charge is 0.393 e. The summed E-state index contributed by atoms with van der Waals surface area (Å²) in [5.41, 5.74) is 0. The van der Waals surface area contributed by atoms with Crippen molar-refractivity contribution < 1.29 is 5.11 Å². The van der Waals surface area contributed by atoms with Crippen LogP contribution in [0.2, 0.25) is 0 Å². The van der Waals surface area contributed by atoms with Crippen LogP contribution in [0.3, 0.4) is 0 Å². The predicted octanol–water partition coefficient (Wildman–Crippen LogP) is 3.44. The second-order valence-corrected chi connectivity index (χ2v) is 6.47. The summed E-state index contributed by atoms with van der Waals surface area (Å²) in [4.78, 5) is 2.65. The molecule has 0 aromatic rings. The van der Waals surface area contributed by atoms with Gasteiger partial charge in [-0.2, -0.15) is 0 Å². The van der Waals surface area contributed by atoms with Crippen molar-refractivity contribution in [3.63, 3.8) is 0 Å². The molecule has 18 heavy (non-hydrogen) atoms. The summed E-state index contributed by atoms with van der Waals surface area (Å²) < 4.78 is 0. The molecule has 1 N–H and O–H groups in total. The summed E-state index contributed by atoms with van der Waals surface area (Å²) in [5, 5.41) is 9.87. The van der Waals surface area contributed by atoms with Crippen LogP contribution in [-0.4, -0.2) is 35.7 Å². The molecule has 0 spiro atoms. The highest BCUT2D eigenvalue weighted by Crippen LogP contribution is 2.29. The average molecular weight is 253 g/mol. The highest BCUT2D eigenvalue weighted by Gasteiger charge is 2.25. The summed E-state index contributed by atoms with van der Waals surface area (Å²) in [7, 11) is 0. The zero-order valence-electron chi connectivity index (χ0n) is 12.1. The summed E-state index contributed by atoms with van der Waals surface area (Å²) >= 11 is 0. The molecule has 1 aliphatic heterocycles. The fourth-order valence-corrected chi connectivity index (χ4v) is 3.85. The van der Waals surface area contributed by atoms with Crippen molar-refractivity contribution in [1.29, 1.82) is 0 Å².